The molecule has 146 valence electrons. The Balaban J connectivity index is 1.47. The van der Waals surface area contributed by atoms with Crippen molar-refractivity contribution in [2.75, 3.05) is 0 Å². The first-order valence-corrected chi connectivity index (χ1v) is 10.4. The summed E-state index contributed by atoms with van der Waals surface area (Å²) < 4.78 is 0. The highest BCUT2D eigenvalue weighted by atomic mass is 14.0. The first-order valence-electron chi connectivity index (χ1n) is 10.4. The van der Waals surface area contributed by atoms with E-state index in [-0.39, 0.29) is 0 Å². The molecule has 0 saturated heterocycles. The molecule has 5 rings (SSSR count). The van der Waals surface area contributed by atoms with Crippen LogP contribution in [0.25, 0.3) is 21.5 Å². The predicted octanol–water partition coefficient (Wildman–Crippen LogP) is 6.77. The highest BCUT2D eigenvalue weighted by Gasteiger charge is 1.98. The molecule has 0 aliphatic rings. The van der Waals surface area contributed by atoms with Crippen LogP contribution in [0.5, 0.6) is 0 Å². The first-order chi connectivity index (χ1) is 15.8. The summed E-state index contributed by atoms with van der Waals surface area (Å²) in [6, 6.07) is 34.9. The third-order valence-corrected chi connectivity index (χ3v) is 5.30. The maximum absolute atomic E-state index is 5.68. The summed E-state index contributed by atoms with van der Waals surface area (Å²) in [6.45, 7) is 0. The second kappa shape index (κ2) is 8.58. The van der Waals surface area contributed by atoms with Crippen LogP contribution in [0.4, 0.5) is 0 Å². The van der Waals surface area contributed by atoms with Crippen molar-refractivity contribution < 1.29 is 0 Å². The highest BCUT2D eigenvalue weighted by molar-refractivity contribution is 5.84. The second-order valence-electron chi connectivity index (χ2n) is 7.57. The fraction of sp³-hybridized carbons (Fsp3) is 0. The van der Waals surface area contributed by atoms with Gasteiger partial charge in [0, 0.05) is 27.8 Å². The molecule has 0 heterocycles. The topological polar surface area (TPSA) is 0 Å². The lowest BCUT2D eigenvalue weighted by molar-refractivity contribution is 1.55. The Labute approximate surface area is 188 Å². The number of fused-ring (bicyclic) bond motifs is 2. The molecule has 0 aliphatic heterocycles. The van der Waals surface area contributed by atoms with E-state index in [0.717, 1.165) is 27.8 Å². The zero-order valence-corrected chi connectivity index (χ0v) is 17.4. The summed E-state index contributed by atoms with van der Waals surface area (Å²) in [4.78, 5) is 0. The van der Waals surface area contributed by atoms with Gasteiger partial charge in [0.2, 0.25) is 0 Å². The van der Waals surface area contributed by atoms with E-state index in [1.807, 2.05) is 54.6 Å². The molecule has 0 radical (unpaired) electrons. The Morgan fingerprint density at radius 1 is 0.375 bits per heavy atom. The van der Waals surface area contributed by atoms with Crippen LogP contribution < -0.4 is 0 Å². The Kier molecular flexibility index (Phi) is 5.17. The van der Waals surface area contributed by atoms with E-state index in [0.29, 0.717) is 0 Å². The molecule has 0 unspecified atom stereocenters. The molecule has 5 aromatic carbocycles. The van der Waals surface area contributed by atoms with E-state index in [2.05, 4.69) is 78.1 Å². The molecule has 0 spiro atoms. The lowest BCUT2D eigenvalue weighted by Crippen LogP contribution is -1.85. The fourth-order valence-corrected chi connectivity index (χ4v) is 3.68. The second-order valence-corrected chi connectivity index (χ2v) is 7.57. The minimum absolute atomic E-state index is 0.776. The molecule has 32 heavy (non-hydrogen) atoms. The van der Waals surface area contributed by atoms with Crippen molar-refractivity contribution in [3.8, 4) is 36.0 Å². The van der Waals surface area contributed by atoms with Gasteiger partial charge in [0.15, 0.2) is 0 Å². The van der Waals surface area contributed by atoms with Crippen LogP contribution in [-0.4, -0.2) is 0 Å². The summed E-state index contributed by atoms with van der Waals surface area (Å²) in [7, 11) is 0. The molecule has 0 atom stereocenters. The molecule has 0 fully saturated rings. The van der Waals surface area contributed by atoms with Gasteiger partial charge in [-0.3, -0.25) is 0 Å². The molecule has 0 heteroatoms. The molecule has 0 aliphatic carbocycles. The van der Waals surface area contributed by atoms with Gasteiger partial charge >= 0.3 is 0 Å². The van der Waals surface area contributed by atoms with E-state index in [9.17, 15) is 0 Å². The summed E-state index contributed by atoms with van der Waals surface area (Å²) >= 11 is 0. The van der Waals surface area contributed by atoms with E-state index < -0.39 is 0 Å². The Hall–Kier alpha value is -4.70. The van der Waals surface area contributed by atoms with Crippen LogP contribution in [0.1, 0.15) is 27.8 Å². The number of rotatable bonds is 0. The lowest BCUT2D eigenvalue weighted by Gasteiger charge is -1.99. The van der Waals surface area contributed by atoms with Crippen molar-refractivity contribution in [1.29, 1.82) is 0 Å². The van der Waals surface area contributed by atoms with Crippen molar-refractivity contribution in [1.82, 2.24) is 0 Å². The average Bonchev–Trinajstić information content (AvgIpc) is 2.86. The minimum atomic E-state index is 0.776. The molecule has 0 nitrogen and oxygen atoms in total. The Bertz CT molecular complexity index is 1520. The van der Waals surface area contributed by atoms with Gasteiger partial charge in [-0.2, -0.15) is 0 Å². The van der Waals surface area contributed by atoms with Gasteiger partial charge in [-0.1, -0.05) is 90.3 Å². The number of benzene rings is 5. The van der Waals surface area contributed by atoms with Crippen molar-refractivity contribution >= 4 is 21.5 Å². The Morgan fingerprint density at radius 3 is 1.25 bits per heavy atom. The maximum Gasteiger partial charge on any atom is 0.0273 e. The first kappa shape index (κ1) is 19.3. The number of hydrogen-bond donors (Lipinski definition) is 0. The van der Waals surface area contributed by atoms with Crippen LogP contribution in [0.3, 0.4) is 0 Å². The summed E-state index contributed by atoms with van der Waals surface area (Å²) in [5, 5.41) is 4.77. The largest absolute Gasteiger partial charge is 0.115 e. The average molecular weight is 402 g/mol. The van der Waals surface area contributed by atoms with Crippen LogP contribution >= 0.6 is 0 Å². The maximum atomic E-state index is 5.68. The number of terminal acetylenes is 1. The summed E-state index contributed by atoms with van der Waals surface area (Å²) in [6.07, 6.45) is 5.68. The van der Waals surface area contributed by atoms with Gasteiger partial charge in [-0.05, 0) is 64.0 Å². The molecule has 0 N–H and O–H groups in total. The highest BCUT2D eigenvalue weighted by Crippen LogP contribution is 2.17. The van der Waals surface area contributed by atoms with E-state index in [4.69, 9.17) is 6.42 Å². The molecule has 0 aromatic heterocycles. The molecular weight excluding hydrogens is 384 g/mol. The van der Waals surface area contributed by atoms with E-state index in [1.54, 1.807) is 0 Å². The lowest BCUT2D eigenvalue weighted by atomic mass is 10.0. The van der Waals surface area contributed by atoms with E-state index in [1.165, 1.54) is 21.5 Å². The standard InChI is InChI=1S/C32H18/c1-2-24-19-27(13-11-25-15-17-29-7-3-5-9-31(29)22-25)21-28(20-24)14-12-26-16-18-30-8-4-6-10-32(30)23-26/h1,3-10,15-23H. The molecular formula is C32H18. The van der Waals surface area contributed by atoms with Crippen LogP contribution in [-0.2, 0) is 0 Å². The molecule has 0 saturated carbocycles. The van der Waals surface area contributed by atoms with Crippen molar-refractivity contribution in [2.24, 2.45) is 0 Å². The zero-order chi connectivity index (χ0) is 21.8. The van der Waals surface area contributed by atoms with Crippen LogP contribution in [0.15, 0.2) is 103 Å². The SMILES string of the molecule is C#Cc1cc(C#Cc2ccc3ccccc3c2)cc(C#Cc2ccc3ccccc3c2)c1. The molecule has 0 bridgehead atoms. The monoisotopic (exact) mass is 402 g/mol. The van der Waals surface area contributed by atoms with Crippen molar-refractivity contribution in [3.05, 3.63) is 131 Å². The van der Waals surface area contributed by atoms with Crippen molar-refractivity contribution in [2.45, 2.75) is 0 Å². The normalized spacial score (nSPS) is 9.97. The third-order valence-electron chi connectivity index (χ3n) is 5.30. The third kappa shape index (κ3) is 4.25. The van der Waals surface area contributed by atoms with Crippen LogP contribution in [0, 0.1) is 36.0 Å². The Morgan fingerprint density at radius 2 is 0.781 bits per heavy atom. The predicted molar refractivity (Wildman–Crippen MR) is 134 cm³/mol. The van der Waals surface area contributed by atoms with Gasteiger partial charge in [-0.15, -0.1) is 6.42 Å². The van der Waals surface area contributed by atoms with Gasteiger partial charge in [0.25, 0.3) is 0 Å². The van der Waals surface area contributed by atoms with Gasteiger partial charge < -0.3 is 0 Å². The van der Waals surface area contributed by atoms with Gasteiger partial charge in [0.05, 0.1) is 0 Å². The van der Waals surface area contributed by atoms with Gasteiger partial charge in [-0.25, -0.2) is 0 Å². The van der Waals surface area contributed by atoms with Crippen molar-refractivity contribution in [3.63, 3.8) is 0 Å². The molecule has 5 aromatic rings. The molecule has 0 amide bonds. The zero-order valence-electron chi connectivity index (χ0n) is 17.4. The van der Waals surface area contributed by atoms with Gasteiger partial charge in [0.1, 0.15) is 0 Å². The van der Waals surface area contributed by atoms with Crippen LogP contribution in [0.2, 0.25) is 0 Å². The number of hydrogen-bond acceptors (Lipinski definition) is 0. The minimum Gasteiger partial charge on any atom is -0.115 e. The summed E-state index contributed by atoms with van der Waals surface area (Å²) in [5.74, 6) is 15.7. The quantitative estimate of drug-likeness (QED) is 0.251. The summed E-state index contributed by atoms with van der Waals surface area (Å²) in [5.41, 5.74) is 4.43. The smallest absolute Gasteiger partial charge is 0.0273 e. The van der Waals surface area contributed by atoms with E-state index >= 15 is 0 Å². The fourth-order valence-electron chi connectivity index (χ4n) is 3.68.